The summed E-state index contributed by atoms with van der Waals surface area (Å²) < 4.78 is 0. The van der Waals surface area contributed by atoms with Crippen LogP contribution in [0.5, 0.6) is 0 Å². The van der Waals surface area contributed by atoms with Crippen molar-refractivity contribution in [1.82, 2.24) is 0 Å². The molecule has 2 rings (SSSR count). The van der Waals surface area contributed by atoms with Crippen LogP contribution in [0.25, 0.3) is 0 Å². The van der Waals surface area contributed by atoms with Crippen molar-refractivity contribution in [2.75, 3.05) is 11.4 Å². The van der Waals surface area contributed by atoms with E-state index in [4.69, 9.17) is 0 Å². The fourth-order valence-corrected chi connectivity index (χ4v) is 1.54. The molecule has 3 nitrogen and oxygen atoms in total. The van der Waals surface area contributed by atoms with Gasteiger partial charge in [0, 0.05) is 18.7 Å². The van der Waals surface area contributed by atoms with Crippen LogP contribution in [0.4, 0.5) is 5.69 Å². The molecule has 0 unspecified atom stereocenters. The quantitative estimate of drug-likeness (QED) is 0.624. The Morgan fingerprint density at radius 3 is 2.29 bits per heavy atom. The van der Waals surface area contributed by atoms with Crippen LogP contribution in [-0.2, 0) is 9.59 Å². The smallest absolute Gasteiger partial charge is 0.294 e. The number of hydrogen-bond acceptors (Lipinski definition) is 2. The van der Waals surface area contributed by atoms with E-state index < -0.39 is 0 Å². The number of nitrogens with zero attached hydrogens (tertiary/aromatic N) is 1. The fourth-order valence-electron chi connectivity index (χ4n) is 1.54. The van der Waals surface area contributed by atoms with Crippen LogP contribution < -0.4 is 4.90 Å². The zero-order valence-electron chi connectivity index (χ0n) is 7.99. The lowest BCUT2D eigenvalue weighted by atomic mass is 10.2. The van der Waals surface area contributed by atoms with Gasteiger partial charge in [-0.1, -0.05) is 17.7 Å². The topological polar surface area (TPSA) is 37.4 Å². The molecule has 0 bridgehead atoms. The van der Waals surface area contributed by atoms with Gasteiger partial charge in [0.2, 0.25) is 5.78 Å². The molecule has 1 fully saturated rings. The fraction of sp³-hybridized carbons (Fsp3) is 0.273. The van der Waals surface area contributed by atoms with Crippen LogP contribution in [0.2, 0.25) is 0 Å². The van der Waals surface area contributed by atoms with Crippen molar-refractivity contribution >= 4 is 17.4 Å². The third-order valence-electron chi connectivity index (χ3n) is 2.39. The summed E-state index contributed by atoms with van der Waals surface area (Å²) in [6.45, 7) is 2.50. The van der Waals surface area contributed by atoms with E-state index in [0.29, 0.717) is 13.0 Å². The minimum atomic E-state index is -0.381. The van der Waals surface area contributed by atoms with Gasteiger partial charge in [-0.25, -0.2) is 0 Å². The summed E-state index contributed by atoms with van der Waals surface area (Å²) in [7, 11) is 0. The normalized spacial score (nSPS) is 16.5. The molecule has 0 aliphatic carbocycles. The average molecular weight is 189 g/mol. The molecule has 0 spiro atoms. The Morgan fingerprint density at radius 2 is 1.79 bits per heavy atom. The number of rotatable bonds is 1. The number of hydrogen-bond donors (Lipinski definition) is 0. The minimum absolute atomic E-state index is 0.287. The lowest BCUT2D eigenvalue weighted by Gasteiger charge is -2.14. The second kappa shape index (κ2) is 3.25. The van der Waals surface area contributed by atoms with E-state index in [2.05, 4.69) is 0 Å². The predicted octanol–water partition coefficient (Wildman–Crippen LogP) is 1.30. The number of carbonyl (C=O) groups excluding carboxylic acids is 2. The van der Waals surface area contributed by atoms with Gasteiger partial charge in [0.15, 0.2) is 0 Å². The number of Topliss-reactive ketones (excluding diaryl/α,β-unsaturated/α-hetero) is 1. The molecule has 0 saturated carbocycles. The highest BCUT2D eigenvalue weighted by Crippen LogP contribution is 2.19. The maximum Gasteiger partial charge on any atom is 0.294 e. The Labute approximate surface area is 82.3 Å². The molecule has 1 heterocycles. The first-order chi connectivity index (χ1) is 6.68. The van der Waals surface area contributed by atoms with Gasteiger partial charge in [0.25, 0.3) is 5.91 Å². The third kappa shape index (κ3) is 1.41. The number of carbonyl (C=O) groups is 2. The maximum absolute atomic E-state index is 11.4. The highest BCUT2D eigenvalue weighted by Gasteiger charge is 2.29. The maximum atomic E-state index is 11.4. The van der Waals surface area contributed by atoms with Gasteiger partial charge in [0.1, 0.15) is 0 Å². The van der Waals surface area contributed by atoms with E-state index in [1.807, 2.05) is 31.2 Å². The Kier molecular flexibility index (Phi) is 2.08. The highest BCUT2D eigenvalue weighted by molar-refractivity contribution is 6.43. The summed E-state index contributed by atoms with van der Waals surface area (Å²) >= 11 is 0. The van der Waals surface area contributed by atoms with E-state index in [-0.39, 0.29) is 11.7 Å². The summed E-state index contributed by atoms with van der Waals surface area (Å²) in [5.41, 5.74) is 1.96. The third-order valence-corrected chi connectivity index (χ3v) is 2.39. The van der Waals surface area contributed by atoms with Crippen LogP contribution in [0.3, 0.4) is 0 Å². The minimum Gasteiger partial charge on any atom is -0.305 e. The number of aryl methyl sites for hydroxylation is 1. The highest BCUT2D eigenvalue weighted by atomic mass is 16.2. The van der Waals surface area contributed by atoms with Crippen molar-refractivity contribution in [3.05, 3.63) is 29.8 Å². The van der Waals surface area contributed by atoms with Crippen molar-refractivity contribution < 1.29 is 9.59 Å². The molecular weight excluding hydrogens is 178 g/mol. The van der Waals surface area contributed by atoms with Crippen molar-refractivity contribution in [2.45, 2.75) is 13.3 Å². The Bertz CT molecular complexity index is 381. The van der Waals surface area contributed by atoms with Crippen LogP contribution >= 0.6 is 0 Å². The zero-order valence-corrected chi connectivity index (χ0v) is 7.99. The van der Waals surface area contributed by atoms with E-state index in [9.17, 15) is 9.59 Å². The van der Waals surface area contributed by atoms with E-state index >= 15 is 0 Å². The molecule has 0 aromatic heterocycles. The summed E-state index contributed by atoms with van der Waals surface area (Å²) in [4.78, 5) is 23.9. The lowest BCUT2D eigenvalue weighted by molar-refractivity contribution is -0.133. The molecule has 14 heavy (non-hydrogen) atoms. The molecule has 0 radical (unpaired) electrons. The number of benzene rings is 1. The van der Waals surface area contributed by atoms with Crippen molar-refractivity contribution in [2.24, 2.45) is 0 Å². The first kappa shape index (κ1) is 8.94. The molecule has 1 aromatic carbocycles. The van der Waals surface area contributed by atoms with Gasteiger partial charge in [0.05, 0.1) is 0 Å². The molecule has 1 aliphatic heterocycles. The molecular formula is C11H11NO2. The van der Waals surface area contributed by atoms with Gasteiger partial charge >= 0.3 is 0 Å². The lowest BCUT2D eigenvalue weighted by Crippen LogP contribution is -2.26. The molecule has 3 heteroatoms. The van der Waals surface area contributed by atoms with Gasteiger partial charge in [-0.15, -0.1) is 0 Å². The molecule has 1 amide bonds. The molecule has 0 N–H and O–H groups in total. The summed E-state index contributed by atoms with van der Waals surface area (Å²) in [6.07, 6.45) is 0.340. The predicted molar refractivity (Wildman–Crippen MR) is 53.2 cm³/mol. The SMILES string of the molecule is Cc1ccc(N2CCC(=O)C2=O)cc1. The summed E-state index contributed by atoms with van der Waals surface area (Å²) in [5, 5.41) is 0. The van der Waals surface area contributed by atoms with Gasteiger partial charge in [-0.3, -0.25) is 9.59 Å². The molecule has 1 aliphatic rings. The van der Waals surface area contributed by atoms with Crippen LogP contribution in [0.15, 0.2) is 24.3 Å². The Morgan fingerprint density at radius 1 is 1.14 bits per heavy atom. The van der Waals surface area contributed by atoms with Crippen molar-refractivity contribution in [3.63, 3.8) is 0 Å². The van der Waals surface area contributed by atoms with Crippen LogP contribution in [0.1, 0.15) is 12.0 Å². The molecule has 1 aromatic rings. The van der Waals surface area contributed by atoms with E-state index in [1.54, 1.807) is 0 Å². The Balaban J connectivity index is 2.28. The first-order valence-electron chi connectivity index (χ1n) is 4.60. The van der Waals surface area contributed by atoms with Gasteiger partial charge < -0.3 is 4.90 Å². The monoisotopic (exact) mass is 189 g/mol. The van der Waals surface area contributed by atoms with Crippen LogP contribution in [-0.4, -0.2) is 18.2 Å². The molecule has 72 valence electrons. The number of anilines is 1. The number of amides is 1. The summed E-state index contributed by atoms with van der Waals surface area (Å²) in [5.74, 6) is -0.667. The Hall–Kier alpha value is -1.64. The van der Waals surface area contributed by atoms with Crippen molar-refractivity contribution in [3.8, 4) is 0 Å². The first-order valence-corrected chi connectivity index (χ1v) is 4.60. The van der Waals surface area contributed by atoms with Gasteiger partial charge in [-0.2, -0.15) is 0 Å². The second-order valence-corrected chi connectivity index (χ2v) is 3.47. The van der Waals surface area contributed by atoms with Crippen LogP contribution in [0, 0.1) is 6.92 Å². The molecule has 0 atom stereocenters. The van der Waals surface area contributed by atoms with E-state index in [0.717, 1.165) is 11.3 Å². The standard InChI is InChI=1S/C11H11NO2/c1-8-2-4-9(5-3-8)12-7-6-10(13)11(12)14/h2-5H,6-7H2,1H3. The van der Waals surface area contributed by atoms with E-state index in [1.165, 1.54) is 4.90 Å². The largest absolute Gasteiger partial charge is 0.305 e. The average Bonchev–Trinajstić information content (AvgIpc) is 2.50. The summed E-state index contributed by atoms with van der Waals surface area (Å²) in [6, 6.07) is 7.61. The number of ketones is 1. The zero-order chi connectivity index (χ0) is 10.1. The van der Waals surface area contributed by atoms with Gasteiger partial charge in [-0.05, 0) is 19.1 Å². The second-order valence-electron chi connectivity index (χ2n) is 3.47. The van der Waals surface area contributed by atoms with Crippen molar-refractivity contribution in [1.29, 1.82) is 0 Å². The molecule has 1 saturated heterocycles.